The molecule has 0 saturated heterocycles. The molecule has 0 aliphatic carbocycles. The van der Waals surface area contributed by atoms with E-state index in [4.69, 9.17) is 28.3 Å². The second-order valence-corrected chi connectivity index (χ2v) is 7.00. The lowest BCUT2D eigenvalue weighted by molar-refractivity contribution is -0.138. The van der Waals surface area contributed by atoms with Crippen LogP contribution in [0.15, 0.2) is 42.5 Å². The minimum absolute atomic E-state index is 0.0416. The monoisotopic (exact) mass is 433 g/mol. The molecule has 9 heteroatoms. The predicted octanol–water partition coefficient (Wildman–Crippen LogP) is 4.76. The summed E-state index contributed by atoms with van der Waals surface area (Å²) in [5, 5.41) is 12.3. The molecule has 150 valence electrons. The van der Waals surface area contributed by atoms with E-state index in [1.807, 2.05) is 0 Å². The zero-order valence-corrected chi connectivity index (χ0v) is 15.9. The van der Waals surface area contributed by atoms with Crippen molar-refractivity contribution in [1.29, 1.82) is 0 Å². The van der Waals surface area contributed by atoms with Gasteiger partial charge < -0.3 is 10.4 Å². The Labute approximate surface area is 169 Å². The van der Waals surface area contributed by atoms with Crippen LogP contribution >= 0.6 is 23.2 Å². The summed E-state index contributed by atoms with van der Waals surface area (Å²) in [6.07, 6.45) is -4.78. The lowest BCUT2D eigenvalue weighted by atomic mass is 10.0. The second-order valence-electron chi connectivity index (χ2n) is 6.19. The molecule has 0 aromatic heterocycles. The molecule has 0 fully saturated rings. The van der Waals surface area contributed by atoms with Gasteiger partial charge in [-0.1, -0.05) is 41.4 Å². The van der Waals surface area contributed by atoms with Crippen LogP contribution in [0, 0.1) is 0 Å². The van der Waals surface area contributed by atoms with Crippen LogP contribution < -0.4 is 5.32 Å². The molecular weight excluding hydrogens is 418 g/mol. The second kappa shape index (κ2) is 9.30. The standard InChI is InChI=1S/C19H16Cl2F3NO3/c20-15-6-3-12(8-16(15)21)9-17(26)25-14(10-18(27)28)7-11-1-4-13(5-2-11)19(22,23)24/h1-6,8,14H,7,9-10H2,(H,25,26)(H,27,28)/t14-/m0/s1. The Morgan fingerprint density at radius 1 is 1.00 bits per heavy atom. The molecule has 0 saturated carbocycles. The van der Waals surface area contributed by atoms with Crippen LogP contribution in [-0.2, 0) is 28.6 Å². The van der Waals surface area contributed by atoms with Gasteiger partial charge in [-0.2, -0.15) is 13.2 Å². The molecule has 2 aromatic carbocycles. The summed E-state index contributed by atoms with van der Waals surface area (Å²) < 4.78 is 37.9. The normalized spacial score (nSPS) is 12.5. The number of hydrogen-bond acceptors (Lipinski definition) is 2. The third kappa shape index (κ3) is 6.73. The van der Waals surface area contributed by atoms with Crippen LogP contribution in [0.3, 0.4) is 0 Å². The number of carboxylic acids is 1. The number of alkyl halides is 3. The highest BCUT2D eigenvalue weighted by Crippen LogP contribution is 2.29. The Hall–Kier alpha value is -2.25. The van der Waals surface area contributed by atoms with E-state index in [1.54, 1.807) is 12.1 Å². The number of aliphatic carboxylic acids is 1. The van der Waals surface area contributed by atoms with Crippen molar-refractivity contribution in [2.45, 2.75) is 31.5 Å². The Balaban J connectivity index is 2.05. The fraction of sp³-hybridized carbons (Fsp3) is 0.263. The van der Waals surface area contributed by atoms with Gasteiger partial charge in [0.15, 0.2) is 0 Å². The lowest BCUT2D eigenvalue weighted by Gasteiger charge is -2.18. The van der Waals surface area contributed by atoms with Crippen molar-refractivity contribution in [3.05, 3.63) is 69.2 Å². The highest BCUT2D eigenvalue weighted by molar-refractivity contribution is 6.42. The maximum absolute atomic E-state index is 12.6. The molecule has 4 nitrogen and oxygen atoms in total. The topological polar surface area (TPSA) is 66.4 Å². The van der Waals surface area contributed by atoms with Gasteiger partial charge in [0.1, 0.15) is 0 Å². The van der Waals surface area contributed by atoms with Crippen LogP contribution in [0.4, 0.5) is 13.2 Å². The number of carbonyl (C=O) groups excluding carboxylic acids is 1. The van der Waals surface area contributed by atoms with Crippen molar-refractivity contribution >= 4 is 35.1 Å². The Morgan fingerprint density at radius 3 is 2.14 bits per heavy atom. The van der Waals surface area contributed by atoms with E-state index < -0.39 is 29.7 Å². The maximum atomic E-state index is 12.6. The van der Waals surface area contributed by atoms with Crippen molar-refractivity contribution in [2.75, 3.05) is 0 Å². The number of amides is 1. The summed E-state index contributed by atoms with van der Waals surface area (Å²) in [7, 11) is 0. The highest BCUT2D eigenvalue weighted by Gasteiger charge is 2.30. The summed E-state index contributed by atoms with van der Waals surface area (Å²) >= 11 is 11.7. The minimum atomic E-state index is -4.45. The van der Waals surface area contributed by atoms with Gasteiger partial charge in [-0.05, 0) is 41.8 Å². The molecule has 2 rings (SSSR count). The van der Waals surface area contributed by atoms with Crippen LogP contribution in [-0.4, -0.2) is 23.0 Å². The Morgan fingerprint density at radius 2 is 1.61 bits per heavy atom. The van der Waals surface area contributed by atoms with Crippen molar-refractivity contribution in [2.24, 2.45) is 0 Å². The van der Waals surface area contributed by atoms with Crippen molar-refractivity contribution in [3.63, 3.8) is 0 Å². The number of hydrogen-bond donors (Lipinski definition) is 2. The maximum Gasteiger partial charge on any atom is 0.416 e. The fourth-order valence-corrected chi connectivity index (χ4v) is 2.93. The number of carbonyl (C=O) groups is 2. The molecule has 1 atom stereocenters. The van der Waals surface area contributed by atoms with E-state index in [-0.39, 0.29) is 19.3 Å². The molecule has 0 spiro atoms. The third-order valence-corrected chi connectivity index (χ3v) is 4.64. The summed E-state index contributed by atoms with van der Waals surface area (Å²) in [4.78, 5) is 23.3. The Kier molecular flexibility index (Phi) is 7.32. The Bertz CT molecular complexity index is 854. The molecule has 2 N–H and O–H groups in total. The molecule has 0 radical (unpaired) electrons. The van der Waals surface area contributed by atoms with Gasteiger partial charge in [0, 0.05) is 6.04 Å². The first-order chi connectivity index (χ1) is 13.0. The first-order valence-electron chi connectivity index (χ1n) is 8.16. The number of nitrogens with one attached hydrogen (secondary N) is 1. The SMILES string of the molecule is O=C(O)C[C@H](Cc1ccc(C(F)(F)F)cc1)NC(=O)Cc1ccc(Cl)c(Cl)c1. The van der Waals surface area contributed by atoms with E-state index in [0.717, 1.165) is 12.1 Å². The van der Waals surface area contributed by atoms with Gasteiger partial charge in [0.25, 0.3) is 0 Å². The fourth-order valence-electron chi connectivity index (χ4n) is 2.61. The first-order valence-corrected chi connectivity index (χ1v) is 8.91. The van der Waals surface area contributed by atoms with Gasteiger partial charge in [0.05, 0.1) is 28.5 Å². The van der Waals surface area contributed by atoms with E-state index in [9.17, 15) is 22.8 Å². The molecule has 1 amide bonds. The predicted molar refractivity (Wildman–Crippen MR) is 99.5 cm³/mol. The minimum Gasteiger partial charge on any atom is -0.481 e. The lowest BCUT2D eigenvalue weighted by Crippen LogP contribution is -2.39. The van der Waals surface area contributed by atoms with E-state index in [2.05, 4.69) is 5.32 Å². The van der Waals surface area contributed by atoms with Gasteiger partial charge in [-0.3, -0.25) is 9.59 Å². The molecular formula is C19H16Cl2F3NO3. The zero-order valence-electron chi connectivity index (χ0n) is 14.4. The molecule has 0 aliphatic heterocycles. The van der Waals surface area contributed by atoms with E-state index in [0.29, 0.717) is 21.2 Å². The van der Waals surface area contributed by atoms with Gasteiger partial charge in [0.2, 0.25) is 5.91 Å². The van der Waals surface area contributed by atoms with Crippen LogP contribution in [0.1, 0.15) is 23.1 Å². The average molecular weight is 434 g/mol. The molecule has 0 unspecified atom stereocenters. The molecule has 28 heavy (non-hydrogen) atoms. The van der Waals surface area contributed by atoms with Crippen LogP contribution in [0.25, 0.3) is 0 Å². The zero-order chi connectivity index (χ0) is 20.9. The molecule has 2 aromatic rings. The number of benzene rings is 2. The summed E-state index contributed by atoms with van der Waals surface area (Å²) in [5.74, 6) is -1.57. The molecule has 0 bridgehead atoms. The quantitative estimate of drug-likeness (QED) is 0.661. The average Bonchev–Trinajstić information content (AvgIpc) is 2.57. The van der Waals surface area contributed by atoms with Crippen molar-refractivity contribution in [3.8, 4) is 0 Å². The van der Waals surface area contributed by atoms with Crippen molar-refractivity contribution in [1.82, 2.24) is 5.32 Å². The summed E-state index contributed by atoms with van der Waals surface area (Å²) in [5.41, 5.74) is 0.277. The van der Waals surface area contributed by atoms with Gasteiger partial charge in [-0.15, -0.1) is 0 Å². The first kappa shape index (κ1) is 22.0. The summed E-state index contributed by atoms with van der Waals surface area (Å²) in [6.45, 7) is 0. The van der Waals surface area contributed by atoms with Gasteiger partial charge in [-0.25, -0.2) is 0 Å². The van der Waals surface area contributed by atoms with E-state index in [1.165, 1.54) is 18.2 Å². The van der Waals surface area contributed by atoms with Crippen molar-refractivity contribution < 1.29 is 27.9 Å². The van der Waals surface area contributed by atoms with E-state index >= 15 is 0 Å². The number of carboxylic acid groups (broad SMARTS) is 1. The largest absolute Gasteiger partial charge is 0.481 e. The third-order valence-electron chi connectivity index (χ3n) is 3.90. The number of rotatable bonds is 7. The molecule has 0 heterocycles. The van der Waals surface area contributed by atoms with Crippen LogP contribution in [0.5, 0.6) is 0 Å². The smallest absolute Gasteiger partial charge is 0.416 e. The number of halogens is 5. The summed E-state index contributed by atoms with van der Waals surface area (Å²) in [6, 6.07) is 8.30. The highest BCUT2D eigenvalue weighted by atomic mass is 35.5. The van der Waals surface area contributed by atoms with Crippen LogP contribution in [0.2, 0.25) is 10.0 Å². The van der Waals surface area contributed by atoms with Gasteiger partial charge >= 0.3 is 12.1 Å². The molecule has 0 aliphatic rings.